The molecule has 1 aromatic carbocycles. The van der Waals surface area contributed by atoms with Gasteiger partial charge in [0.15, 0.2) is 11.5 Å². The van der Waals surface area contributed by atoms with Crippen molar-refractivity contribution in [1.82, 2.24) is 9.97 Å². The molecule has 0 bridgehead atoms. The summed E-state index contributed by atoms with van der Waals surface area (Å²) < 4.78 is 10.6. The van der Waals surface area contributed by atoms with Crippen LogP contribution in [0.2, 0.25) is 0 Å². The van der Waals surface area contributed by atoms with Gasteiger partial charge in [0, 0.05) is 11.5 Å². The van der Waals surface area contributed by atoms with Gasteiger partial charge in [0.05, 0.1) is 32.4 Å². The number of hydrogen-bond donors (Lipinski definition) is 3. The second kappa shape index (κ2) is 7.13. The molecule has 2 rings (SSSR count). The quantitative estimate of drug-likeness (QED) is 0.716. The average molecular weight is 306 g/mol. The maximum atomic E-state index is 9.46. The number of aromatic nitrogens is 2. The highest BCUT2D eigenvalue weighted by atomic mass is 16.5. The van der Waals surface area contributed by atoms with E-state index >= 15 is 0 Å². The van der Waals surface area contributed by atoms with Crippen LogP contribution >= 0.6 is 0 Å². The number of anilines is 2. The zero-order valence-corrected chi connectivity index (χ0v) is 13.1. The summed E-state index contributed by atoms with van der Waals surface area (Å²) in [6.45, 7) is 2.08. The van der Waals surface area contributed by atoms with Gasteiger partial charge in [0.25, 0.3) is 0 Å². The minimum Gasteiger partial charge on any atom is -0.493 e. The molecule has 1 heterocycles. The molecule has 7 nitrogen and oxygen atoms in total. The van der Waals surface area contributed by atoms with Crippen molar-refractivity contribution in [1.29, 1.82) is 0 Å². The average Bonchev–Trinajstić information content (AvgIpc) is 2.52. The van der Waals surface area contributed by atoms with Gasteiger partial charge in [-0.05, 0) is 12.5 Å². The van der Waals surface area contributed by atoms with Gasteiger partial charge in [-0.15, -0.1) is 0 Å². The van der Waals surface area contributed by atoms with Crippen LogP contribution in [0.1, 0.15) is 19.8 Å². The van der Waals surface area contributed by atoms with E-state index in [1.54, 1.807) is 26.4 Å². The van der Waals surface area contributed by atoms with Crippen LogP contribution in [0.5, 0.6) is 11.5 Å². The molecule has 7 heteroatoms. The van der Waals surface area contributed by atoms with Crippen LogP contribution in [0.3, 0.4) is 0 Å². The van der Waals surface area contributed by atoms with E-state index < -0.39 is 0 Å². The molecule has 0 aliphatic heterocycles. The van der Waals surface area contributed by atoms with Crippen LogP contribution < -0.4 is 20.5 Å². The first-order chi connectivity index (χ1) is 10.6. The maximum Gasteiger partial charge on any atom is 0.222 e. The van der Waals surface area contributed by atoms with Gasteiger partial charge < -0.3 is 25.6 Å². The SMILES string of the molecule is CCCC(CO)Nc1nc(N)nc2cc(OC)c(OC)cc12. The summed E-state index contributed by atoms with van der Waals surface area (Å²) in [6.07, 6.45) is 1.78. The van der Waals surface area contributed by atoms with Gasteiger partial charge in [0.2, 0.25) is 5.95 Å². The minimum atomic E-state index is -0.0874. The van der Waals surface area contributed by atoms with Crippen LogP contribution in [0.4, 0.5) is 11.8 Å². The van der Waals surface area contributed by atoms with Gasteiger partial charge in [0.1, 0.15) is 5.82 Å². The predicted octanol–water partition coefficient (Wildman–Crippen LogP) is 1.80. The largest absolute Gasteiger partial charge is 0.493 e. The molecule has 1 aromatic heterocycles. The van der Waals surface area contributed by atoms with Crippen LogP contribution in [-0.4, -0.2) is 41.9 Å². The van der Waals surface area contributed by atoms with E-state index in [1.807, 2.05) is 0 Å². The van der Waals surface area contributed by atoms with E-state index in [9.17, 15) is 5.11 Å². The van der Waals surface area contributed by atoms with Crippen molar-refractivity contribution in [2.75, 3.05) is 31.9 Å². The lowest BCUT2D eigenvalue weighted by molar-refractivity contribution is 0.268. The molecule has 0 amide bonds. The summed E-state index contributed by atoms with van der Waals surface area (Å²) in [5, 5.41) is 13.5. The number of nitrogens with two attached hydrogens (primary N) is 1. The lowest BCUT2D eigenvalue weighted by Gasteiger charge is -2.18. The van der Waals surface area contributed by atoms with E-state index in [2.05, 4.69) is 22.2 Å². The lowest BCUT2D eigenvalue weighted by Crippen LogP contribution is -2.24. The minimum absolute atomic E-state index is 0.0204. The van der Waals surface area contributed by atoms with E-state index in [0.29, 0.717) is 22.8 Å². The molecule has 0 spiro atoms. The molecule has 0 radical (unpaired) electrons. The van der Waals surface area contributed by atoms with Crippen molar-refractivity contribution < 1.29 is 14.6 Å². The van der Waals surface area contributed by atoms with Crippen molar-refractivity contribution in [3.8, 4) is 11.5 Å². The number of nitrogens with zero attached hydrogens (tertiary/aromatic N) is 2. The van der Waals surface area contributed by atoms with Crippen LogP contribution in [-0.2, 0) is 0 Å². The number of fused-ring (bicyclic) bond motifs is 1. The number of aliphatic hydroxyl groups excluding tert-OH is 1. The van der Waals surface area contributed by atoms with Crippen molar-refractivity contribution in [3.05, 3.63) is 12.1 Å². The molecule has 2 aromatic rings. The van der Waals surface area contributed by atoms with Crippen molar-refractivity contribution in [3.63, 3.8) is 0 Å². The highest BCUT2D eigenvalue weighted by Gasteiger charge is 2.15. The molecule has 1 atom stereocenters. The van der Waals surface area contributed by atoms with Gasteiger partial charge in [-0.2, -0.15) is 4.98 Å². The molecular weight excluding hydrogens is 284 g/mol. The van der Waals surface area contributed by atoms with Crippen molar-refractivity contribution in [2.24, 2.45) is 0 Å². The number of ether oxygens (including phenoxy) is 2. The molecule has 0 saturated carbocycles. The van der Waals surface area contributed by atoms with Crippen LogP contribution in [0.15, 0.2) is 12.1 Å². The fourth-order valence-electron chi connectivity index (χ4n) is 2.33. The molecule has 0 saturated heterocycles. The summed E-state index contributed by atoms with van der Waals surface area (Å²) in [5.74, 6) is 1.90. The molecule has 4 N–H and O–H groups in total. The van der Waals surface area contributed by atoms with Gasteiger partial charge in [-0.1, -0.05) is 13.3 Å². The Hall–Kier alpha value is -2.28. The van der Waals surface area contributed by atoms with E-state index in [-0.39, 0.29) is 18.6 Å². The summed E-state index contributed by atoms with van der Waals surface area (Å²) in [7, 11) is 3.14. The topological polar surface area (TPSA) is 103 Å². The third-order valence-corrected chi connectivity index (χ3v) is 3.42. The predicted molar refractivity (Wildman–Crippen MR) is 86.5 cm³/mol. The molecule has 0 aliphatic carbocycles. The first-order valence-electron chi connectivity index (χ1n) is 7.19. The molecule has 0 aliphatic rings. The number of aliphatic hydroxyl groups is 1. The summed E-state index contributed by atoms with van der Waals surface area (Å²) in [4.78, 5) is 8.48. The lowest BCUT2D eigenvalue weighted by atomic mass is 10.1. The molecular formula is C15H22N4O3. The van der Waals surface area contributed by atoms with Gasteiger partial charge >= 0.3 is 0 Å². The van der Waals surface area contributed by atoms with Gasteiger partial charge in [-0.3, -0.25) is 0 Å². The second-order valence-corrected chi connectivity index (χ2v) is 4.97. The summed E-state index contributed by atoms with van der Waals surface area (Å²) >= 11 is 0. The van der Waals surface area contributed by atoms with Gasteiger partial charge in [-0.25, -0.2) is 4.98 Å². The Kier molecular flexibility index (Phi) is 5.21. The summed E-state index contributed by atoms with van der Waals surface area (Å²) in [5.41, 5.74) is 6.43. The first-order valence-corrected chi connectivity index (χ1v) is 7.19. The van der Waals surface area contributed by atoms with Crippen LogP contribution in [0.25, 0.3) is 10.9 Å². The van der Waals surface area contributed by atoms with E-state index in [1.165, 1.54) is 0 Å². The standard InChI is InChI=1S/C15H22N4O3/c1-4-5-9(8-20)17-14-10-6-12(21-2)13(22-3)7-11(10)18-15(16)19-14/h6-7,9,20H,4-5,8H2,1-3H3,(H3,16,17,18,19). The summed E-state index contributed by atoms with van der Waals surface area (Å²) in [6, 6.07) is 3.47. The van der Waals surface area contributed by atoms with Crippen LogP contribution in [0, 0.1) is 0 Å². The maximum absolute atomic E-state index is 9.46. The monoisotopic (exact) mass is 306 g/mol. The highest BCUT2D eigenvalue weighted by molar-refractivity contribution is 5.92. The Bertz CT molecular complexity index is 648. The number of rotatable bonds is 7. The Balaban J connectivity index is 2.52. The zero-order chi connectivity index (χ0) is 16.1. The van der Waals surface area contributed by atoms with E-state index in [0.717, 1.165) is 18.2 Å². The number of methoxy groups -OCH3 is 2. The third kappa shape index (κ3) is 3.30. The number of benzene rings is 1. The highest BCUT2D eigenvalue weighted by Crippen LogP contribution is 2.34. The number of nitrogens with one attached hydrogen (secondary N) is 1. The van der Waals surface area contributed by atoms with Crippen molar-refractivity contribution in [2.45, 2.75) is 25.8 Å². The smallest absolute Gasteiger partial charge is 0.222 e. The second-order valence-electron chi connectivity index (χ2n) is 4.97. The number of nitrogen functional groups attached to an aromatic ring is 1. The third-order valence-electron chi connectivity index (χ3n) is 3.42. The zero-order valence-electron chi connectivity index (χ0n) is 13.1. The van der Waals surface area contributed by atoms with E-state index in [4.69, 9.17) is 15.2 Å². The Morgan fingerprint density at radius 1 is 1.23 bits per heavy atom. The fraction of sp³-hybridized carbons (Fsp3) is 0.467. The Labute approximate surface area is 129 Å². The fourth-order valence-corrected chi connectivity index (χ4v) is 2.33. The Morgan fingerprint density at radius 2 is 1.91 bits per heavy atom. The molecule has 120 valence electrons. The molecule has 0 fully saturated rings. The molecule has 1 unspecified atom stereocenters. The normalized spacial score (nSPS) is 12.2. The van der Waals surface area contributed by atoms with Crippen molar-refractivity contribution >= 4 is 22.7 Å². The molecule has 22 heavy (non-hydrogen) atoms. The first kappa shape index (κ1) is 16.1. The Morgan fingerprint density at radius 3 is 2.50 bits per heavy atom. The number of hydrogen-bond acceptors (Lipinski definition) is 7.